The standard InChI is InChI=1S/C24H20.C14H16.C14H22.C12H20.C12H26.C12H24.C10H14.C10H22.2C9H20.C4H10.C4H8/c1-13-5-9-17-19-11-7-15(3)22-16(4)8-12-20(24(19)22)18-10-6-14(2)21(13)23(17)18;1-9-5-6-11(3)14-12(4)8-7-10(2)13(9)14;1-5-14(12(4)11(2)3)13-9-7-6-8-10-13;1-7-8(2)12-6-5-11(7)9(3)10(12)4;1-7-10(3)9-12(5,6)11(4)8-2;1-5-7-8-9-10-12(4)11(3)6-2;1-7-5-9(3)10(4)6-8(7)2;1-5-7-8-10(4)9(3)6-2;1-7(2)6-9(5)8(3)4;1-5-6-7-9(4)8(2)3;2*1-3-4-2/h5-12H,1-4H3;5-8H,1-4H3;6-12,14H,5H2,1-4H3;5-12H,1-4H3;10-11H,7-9H2,1-6H3;7-8,11-12H,5-6,9-10H2,1-4H3;5-6H,1-4H3;9-10H,5-8H2,1-4H3;7-9H,6H2,1-5H3;8-9H,5-7H2,1-4H3;3-4H2,1-2H3;3-4H,1-2H3/b;;;;;8-7+;;;;;;4-3-. The lowest BCUT2D eigenvalue weighted by Crippen LogP contribution is -2.44. The zero-order valence-corrected chi connectivity index (χ0v) is 97.7. The molecule has 134 heavy (non-hydrogen) atoms. The van der Waals surface area contributed by atoms with E-state index >= 15 is 0 Å². The van der Waals surface area contributed by atoms with Crippen LogP contribution in [0.2, 0.25) is 0 Å². The van der Waals surface area contributed by atoms with Crippen molar-refractivity contribution in [1.82, 2.24) is 0 Å². The Kier molecular flexibility index (Phi) is 64.8. The summed E-state index contributed by atoms with van der Waals surface area (Å²) >= 11 is 0. The van der Waals surface area contributed by atoms with Crippen LogP contribution in [0.3, 0.4) is 0 Å². The third-order valence-electron chi connectivity index (χ3n) is 32.8. The molecule has 3 aliphatic carbocycles. The molecule has 12 rings (SSSR count). The molecule has 14 unspecified atom stereocenters. The zero-order valence-electron chi connectivity index (χ0n) is 97.7. The van der Waals surface area contributed by atoms with Gasteiger partial charge in [0.05, 0.1) is 0 Å². The summed E-state index contributed by atoms with van der Waals surface area (Å²) in [6.07, 6.45) is 37.6. The molecule has 0 spiro atoms. The van der Waals surface area contributed by atoms with E-state index in [0.717, 1.165) is 118 Å². The van der Waals surface area contributed by atoms with Gasteiger partial charge < -0.3 is 0 Å². The normalized spacial score (nSPS) is 17.6. The highest BCUT2D eigenvalue weighted by molar-refractivity contribution is 6.34. The lowest BCUT2D eigenvalue weighted by Gasteiger charge is -2.50. The highest BCUT2D eigenvalue weighted by atomic mass is 14.5. The predicted molar refractivity (Wildman–Crippen MR) is 622 cm³/mol. The second kappa shape index (κ2) is 68.0. The van der Waals surface area contributed by atoms with Crippen LogP contribution in [0.15, 0.2) is 152 Å². The Bertz CT molecular complexity index is 4270. The molecule has 0 aromatic heterocycles. The topological polar surface area (TPSA) is 0 Å². The number of hydrogen-bond donors (Lipinski definition) is 0. The molecule has 1 fully saturated rings. The van der Waals surface area contributed by atoms with E-state index in [-0.39, 0.29) is 0 Å². The van der Waals surface area contributed by atoms with E-state index in [1.165, 1.54) is 242 Å². The molecule has 1 saturated carbocycles. The molecule has 9 aromatic rings. The number of hydrogen-bond acceptors (Lipinski definition) is 0. The number of aryl methyl sites for hydroxylation is 12. The van der Waals surface area contributed by atoms with Crippen molar-refractivity contribution in [2.75, 3.05) is 0 Å². The maximum atomic E-state index is 2.47. The van der Waals surface area contributed by atoms with Crippen LogP contribution < -0.4 is 0 Å². The summed E-state index contributed by atoms with van der Waals surface area (Å²) in [4.78, 5) is 0. The van der Waals surface area contributed by atoms with E-state index in [4.69, 9.17) is 0 Å². The van der Waals surface area contributed by atoms with Gasteiger partial charge in [-0.1, -0.05) is 457 Å². The van der Waals surface area contributed by atoms with E-state index < -0.39 is 0 Å². The fraction of sp³-hybridized carbons (Fsp3) is 0.642. The molecule has 0 nitrogen and oxygen atoms in total. The van der Waals surface area contributed by atoms with Gasteiger partial charge in [-0.05, 0) is 385 Å². The van der Waals surface area contributed by atoms with Crippen LogP contribution in [0.4, 0.5) is 0 Å². The van der Waals surface area contributed by atoms with E-state index in [1.54, 1.807) is 0 Å². The van der Waals surface area contributed by atoms with Gasteiger partial charge in [0.2, 0.25) is 0 Å². The summed E-state index contributed by atoms with van der Waals surface area (Å²) < 4.78 is 0. The Balaban J connectivity index is 0.00000148. The van der Waals surface area contributed by atoms with Crippen LogP contribution in [0.1, 0.15) is 436 Å². The Morgan fingerprint density at radius 2 is 0.634 bits per heavy atom. The SMILES string of the molecule is C/C=C\C.CC(C)CC(C)C(C)C.CC/C=C/CCC(C)C(C)CC.CC1C(C)C2C=CC1C(C)C2C.CCC(C)CC(C)(C)C(C)CC.CCC(c1ccccc1)C(C)C(C)C.CCCC.CCCCC(C)C(C)C.CCCCC(C)C(C)CC.Cc1cc(C)c(C)cc1C.Cc1ccc(C)c2c(C)ccc(C)c12.Cc1ccc2c3ccc(C)c4c(C)ccc(c5ccc(C)c1c25)c43. The van der Waals surface area contributed by atoms with Crippen molar-refractivity contribution in [3.63, 3.8) is 0 Å². The molecule has 758 valence electrons. The van der Waals surface area contributed by atoms with Crippen molar-refractivity contribution >= 4 is 53.9 Å². The molecule has 0 aliphatic heterocycles. The van der Waals surface area contributed by atoms with Crippen molar-refractivity contribution in [2.45, 2.75) is 447 Å². The van der Waals surface area contributed by atoms with E-state index in [2.05, 4.69) is 451 Å². The first-order valence-corrected chi connectivity index (χ1v) is 55.5. The summed E-state index contributed by atoms with van der Waals surface area (Å²) in [5.41, 5.74) is 18.6. The predicted octanol–water partition coefficient (Wildman–Crippen LogP) is 44.7. The van der Waals surface area contributed by atoms with Crippen LogP contribution in [-0.2, 0) is 0 Å². The van der Waals surface area contributed by atoms with Crippen molar-refractivity contribution < 1.29 is 0 Å². The zero-order chi connectivity index (χ0) is 103. The quantitative estimate of drug-likeness (QED) is 0.0260. The Morgan fingerprint density at radius 1 is 0.313 bits per heavy atom. The van der Waals surface area contributed by atoms with Crippen LogP contribution >= 0.6 is 0 Å². The number of benzene rings is 9. The minimum Gasteiger partial charge on any atom is -0.0919 e. The van der Waals surface area contributed by atoms with E-state index in [9.17, 15) is 0 Å². The second-order valence-electron chi connectivity index (χ2n) is 45.1. The maximum absolute atomic E-state index is 2.47. The van der Waals surface area contributed by atoms with Crippen LogP contribution in [-0.4, -0.2) is 0 Å². The van der Waals surface area contributed by atoms with Crippen molar-refractivity contribution in [2.24, 2.45) is 118 Å². The summed E-state index contributed by atoms with van der Waals surface area (Å²) in [5, 5.41) is 14.1. The number of rotatable bonds is 28. The Hall–Kier alpha value is -6.24. The molecule has 0 amide bonds. The first kappa shape index (κ1) is 128. The molecule has 0 heteroatoms. The molecule has 9 aromatic carbocycles. The second-order valence-corrected chi connectivity index (χ2v) is 45.1. The van der Waals surface area contributed by atoms with Crippen molar-refractivity contribution in [1.29, 1.82) is 0 Å². The molecule has 0 radical (unpaired) electrons. The average Bonchev–Trinajstić information content (AvgIpc) is 0.708. The summed E-state index contributed by atoms with van der Waals surface area (Å²) in [6, 6.07) is 42.6. The van der Waals surface area contributed by atoms with Gasteiger partial charge in [-0.3, -0.25) is 0 Å². The van der Waals surface area contributed by atoms with Crippen molar-refractivity contribution in [3.05, 3.63) is 224 Å². The lowest BCUT2D eigenvalue weighted by atomic mass is 9.55. The fourth-order valence-electron chi connectivity index (χ4n) is 19.6. The van der Waals surface area contributed by atoms with Gasteiger partial charge in [-0.2, -0.15) is 0 Å². The van der Waals surface area contributed by atoms with Gasteiger partial charge >= 0.3 is 0 Å². The lowest BCUT2D eigenvalue weighted by molar-refractivity contribution is 0.0429. The Labute approximate surface area is 837 Å². The van der Waals surface area contributed by atoms with Crippen LogP contribution in [0.5, 0.6) is 0 Å². The molecular weight excluding hydrogens is 1610 g/mol. The molecular formula is C134H222. The summed E-state index contributed by atoms with van der Waals surface area (Å²) in [7, 11) is 0. The van der Waals surface area contributed by atoms with Gasteiger partial charge in [0.1, 0.15) is 0 Å². The number of unbranched alkanes of at least 4 members (excludes halogenated alkanes) is 3. The molecule has 3 aliphatic rings. The minimum absolute atomic E-state index is 0.532. The first-order chi connectivity index (χ1) is 63.0. The molecule has 0 heterocycles. The smallest absolute Gasteiger partial charge is 0.00210 e. The van der Waals surface area contributed by atoms with Gasteiger partial charge in [-0.25, -0.2) is 0 Å². The molecule has 2 bridgehead atoms. The van der Waals surface area contributed by atoms with Crippen LogP contribution in [0.25, 0.3) is 53.9 Å². The fourth-order valence-corrected chi connectivity index (χ4v) is 19.6. The average molecular weight is 1830 g/mol. The summed E-state index contributed by atoms with van der Waals surface area (Å²) in [6.45, 7) is 107. The van der Waals surface area contributed by atoms with Crippen LogP contribution in [0, 0.1) is 201 Å². The largest absolute Gasteiger partial charge is 0.0919 e. The molecule has 14 atom stereocenters. The number of fused-ring (bicyclic) bond motifs is 5. The first-order valence-electron chi connectivity index (χ1n) is 55.5. The molecule has 0 saturated heterocycles. The minimum atomic E-state index is 0.532. The summed E-state index contributed by atoms with van der Waals surface area (Å²) in [5.74, 6) is 17.4. The van der Waals surface area contributed by atoms with Gasteiger partial charge in [0.15, 0.2) is 0 Å². The molecule has 0 N–H and O–H groups in total. The number of allylic oxidation sites excluding steroid dienone is 6. The van der Waals surface area contributed by atoms with Gasteiger partial charge in [0, 0.05) is 0 Å². The van der Waals surface area contributed by atoms with Gasteiger partial charge in [0.25, 0.3) is 0 Å². The highest BCUT2D eigenvalue weighted by Gasteiger charge is 2.44. The third-order valence-corrected chi connectivity index (χ3v) is 32.8. The van der Waals surface area contributed by atoms with Gasteiger partial charge in [-0.15, -0.1) is 0 Å². The monoisotopic (exact) mass is 1830 g/mol. The van der Waals surface area contributed by atoms with E-state index in [0.29, 0.717) is 5.41 Å². The maximum Gasteiger partial charge on any atom is -0.00210 e. The van der Waals surface area contributed by atoms with E-state index in [1.807, 2.05) is 26.0 Å². The highest BCUT2D eigenvalue weighted by Crippen LogP contribution is 2.51. The van der Waals surface area contributed by atoms with Crippen molar-refractivity contribution in [3.8, 4) is 0 Å². The third kappa shape index (κ3) is 42.8. The Morgan fingerprint density at radius 3 is 0.896 bits per heavy atom.